The summed E-state index contributed by atoms with van der Waals surface area (Å²) in [5, 5.41) is 17.6. The van der Waals surface area contributed by atoms with Crippen molar-refractivity contribution in [2.45, 2.75) is 13.8 Å². The van der Waals surface area contributed by atoms with E-state index in [1.165, 1.54) is 6.20 Å². The monoisotopic (exact) mass is 151 g/mol. The highest BCUT2D eigenvalue weighted by molar-refractivity contribution is 6.59. The van der Waals surface area contributed by atoms with Crippen LogP contribution in [0, 0.1) is 13.8 Å². The van der Waals surface area contributed by atoms with Crippen LogP contribution in [-0.2, 0) is 0 Å². The number of aromatic nitrogens is 1. The largest absolute Gasteiger partial charge is 0.490 e. The molecule has 0 unspecified atom stereocenters. The van der Waals surface area contributed by atoms with Gasteiger partial charge in [0.15, 0.2) is 0 Å². The highest BCUT2D eigenvalue weighted by atomic mass is 16.4. The van der Waals surface area contributed by atoms with Gasteiger partial charge < -0.3 is 10.0 Å². The van der Waals surface area contributed by atoms with E-state index >= 15 is 0 Å². The minimum atomic E-state index is -1.41. The maximum Gasteiger partial charge on any atom is 0.490 e. The molecule has 0 spiro atoms. The minimum Gasteiger partial charge on any atom is -0.423 e. The molecule has 1 rings (SSSR count). The Hall–Kier alpha value is -0.865. The number of pyridine rings is 1. The van der Waals surface area contributed by atoms with Crippen LogP contribution in [0.25, 0.3) is 0 Å². The first kappa shape index (κ1) is 8.23. The van der Waals surface area contributed by atoms with E-state index in [0.29, 0.717) is 5.46 Å². The topological polar surface area (TPSA) is 53.4 Å². The van der Waals surface area contributed by atoms with Crippen LogP contribution in [0.4, 0.5) is 0 Å². The number of aryl methyl sites for hydroxylation is 2. The summed E-state index contributed by atoms with van der Waals surface area (Å²) in [7, 11) is -1.41. The van der Waals surface area contributed by atoms with Crippen LogP contribution < -0.4 is 5.46 Å². The van der Waals surface area contributed by atoms with Crippen LogP contribution in [0.1, 0.15) is 11.3 Å². The van der Waals surface area contributed by atoms with Gasteiger partial charge in [-0.15, -0.1) is 0 Å². The molecule has 0 radical (unpaired) electrons. The van der Waals surface area contributed by atoms with Gasteiger partial charge in [0, 0.05) is 17.4 Å². The summed E-state index contributed by atoms with van der Waals surface area (Å²) in [6.45, 7) is 3.68. The second-order valence-corrected chi connectivity index (χ2v) is 2.56. The van der Waals surface area contributed by atoms with Crippen molar-refractivity contribution < 1.29 is 10.0 Å². The first-order valence-corrected chi connectivity index (χ1v) is 3.40. The SMILES string of the molecule is Cc1cc(C)c(B(O)O)cn1. The number of hydrogen-bond donors (Lipinski definition) is 2. The predicted molar refractivity (Wildman–Crippen MR) is 43.5 cm³/mol. The van der Waals surface area contributed by atoms with Gasteiger partial charge >= 0.3 is 7.12 Å². The van der Waals surface area contributed by atoms with Crippen molar-refractivity contribution in [1.82, 2.24) is 4.98 Å². The van der Waals surface area contributed by atoms with Crippen LogP contribution in [0.15, 0.2) is 12.3 Å². The number of nitrogens with zero attached hydrogens (tertiary/aromatic N) is 1. The van der Waals surface area contributed by atoms with E-state index in [0.717, 1.165) is 11.3 Å². The van der Waals surface area contributed by atoms with Crippen molar-refractivity contribution in [3.05, 3.63) is 23.5 Å². The van der Waals surface area contributed by atoms with Gasteiger partial charge in [0.2, 0.25) is 0 Å². The van der Waals surface area contributed by atoms with Crippen molar-refractivity contribution in [2.24, 2.45) is 0 Å². The van der Waals surface area contributed by atoms with Crippen molar-refractivity contribution >= 4 is 12.6 Å². The Bertz CT molecular complexity index is 263. The quantitative estimate of drug-likeness (QED) is 0.525. The van der Waals surface area contributed by atoms with Gasteiger partial charge in [0.1, 0.15) is 0 Å². The maximum absolute atomic E-state index is 8.81. The second kappa shape index (κ2) is 3.03. The Balaban J connectivity index is 3.09. The zero-order chi connectivity index (χ0) is 8.43. The number of rotatable bonds is 1. The summed E-state index contributed by atoms with van der Waals surface area (Å²) in [6, 6.07) is 1.81. The Kier molecular flexibility index (Phi) is 2.26. The molecule has 0 bridgehead atoms. The van der Waals surface area contributed by atoms with Crippen LogP contribution in [0.2, 0.25) is 0 Å². The summed E-state index contributed by atoms with van der Waals surface area (Å²) in [4.78, 5) is 3.94. The van der Waals surface area contributed by atoms with E-state index in [2.05, 4.69) is 4.98 Å². The predicted octanol–water partition coefficient (Wildman–Crippen LogP) is -0.622. The third kappa shape index (κ3) is 1.79. The van der Waals surface area contributed by atoms with Crippen molar-refractivity contribution in [2.75, 3.05) is 0 Å². The van der Waals surface area contributed by atoms with Gasteiger partial charge in [0.25, 0.3) is 0 Å². The highest BCUT2D eigenvalue weighted by Gasteiger charge is 2.13. The summed E-state index contributed by atoms with van der Waals surface area (Å²) in [5.74, 6) is 0. The van der Waals surface area contributed by atoms with Crippen LogP contribution in [0.3, 0.4) is 0 Å². The van der Waals surface area contributed by atoms with Gasteiger partial charge in [-0.05, 0) is 25.5 Å². The molecule has 0 saturated heterocycles. The van der Waals surface area contributed by atoms with Gasteiger partial charge in [-0.2, -0.15) is 0 Å². The fourth-order valence-electron chi connectivity index (χ4n) is 0.977. The maximum atomic E-state index is 8.81. The van der Waals surface area contributed by atoms with Gasteiger partial charge in [0.05, 0.1) is 0 Å². The summed E-state index contributed by atoms with van der Waals surface area (Å²) in [6.07, 6.45) is 1.48. The van der Waals surface area contributed by atoms with E-state index in [9.17, 15) is 0 Å². The first-order chi connectivity index (χ1) is 5.11. The molecule has 0 amide bonds. The smallest absolute Gasteiger partial charge is 0.423 e. The van der Waals surface area contributed by atoms with E-state index in [-0.39, 0.29) is 0 Å². The molecule has 0 aliphatic heterocycles. The lowest BCUT2D eigenvalue weighted by Gasteiger charge is -2.03. The van der Waals surface area contributed by atoms with Gasteiger partial charge in [-0.3, -0.25) is 4.98 Å². The normalized spacial score (nSPS) is 9.82. The van der Waals surface area contributed by atoms with Crippen LogP contribution in [0.5, 0.6) is 0 Å². The molecule has 3 nitrogen and oxygen atoms in total. The minimum absolute atomic E-state index is 0.468. The Labute approximate surface area is 65.9 Å². The molecular formula is C7H10BNO2. The lowest BCUT2D eigenvalue weighted by Crippen LogP contribution is -2.32. The molecule has 11 heavy (non-hydrogen) atoms. The zero-order valence-electron chi connectivity index (χ0n) is 6.57. The Morgan fingerprint density at radius 3 is 2.45 bits per heavy atom. The molecule has 58 valence electrons. The fraction of sp³-hybridized carbons (Fsp3) is 0.286. The summed E-state index contributed by atoms with van der Waals surface area (Å²) in [5.41, 5.74) is 2.20. The lowest BCUT2D eigenvalue weighted by atomic mass is 9.78. The number of hydrogen-bond acceptors (Lipinski definition) is 3. The van der Waals surface area contributed by atoms with Crippen molar-refractivity contribution in [3.63, 3.8) is 0 Å². The van der Waals surface area contributed by atoms with Crippen molar-refractivity contribution in [3.8, 4) is 0 Å². The lowest BCUT2D eigenvalue weighted by molar-refractivity contribution is 0.425. The van der Waals surface area contributed by atoms with E-state index < -0.39 is 7.12 Å². The molecule has 2 N–H and O–H groups in total. The summed E-state index contributed by atoms with van der Waals surface area (Å²) >= 11 is 0. The molecule has 0 aliphatic carbocycles. The van der Waals surface area contributed by atoms with Crippen molar-refractivity contribution in [1.29, 1.82) is 0 Å². The third-order valence-electron chi connectivity index (χ3n) is 1.57. The van der Waals surface area contributed by atoms with Crippen LogP contribution in [-0.4, -0.2) is 22.2 Å². The molecule has 0 atom stereocenters. The first-order valence-electron chi connectivity index (χ1n) is 3.40. The molecule has 1 heterocycles. The molecule has 1 aromatic heterocycles. The molecule has 0 fully saturated rings. The van der Waals surface area contributed by atoms with E-state index in [1.54, 1.807) is 0 Å². The average Bonchev–Trinajstić information content (AvgIpc) is 1.85. The van der Waals surface area contributed by atoms with Crippen LogP contribution >= 0.6 is 0 Å². The second-order valence-electron chi connectivity index (χ2n) is 2.56. The fourth-order valence-corrected chi connectivity index (χ4v) is 0.977. The third-order valence-corrected chi connectivity index (χ3v) is 1.57. The van der Waals surface area contributed by atoms with E-state index in [1.807, 2.05) is 19.9 Å². The molecule has 0 aliphatic rings. The summed E-state index contributed by atoms with van der Waals surface area (Å²) < 4.78 is 0. The standard InChI is InChI=1S/C7H10BNO2/c1-5-3-6(2)9-4-7(5)8(10)11/h3-4,10-11H,1-2H3. The molecule has 1 aromatic rings. The zero-order valence-corrected chi connectivity index (χ0v) is 6.57. The molecule has 4 heteroatoms. The average molecular weight is 151 g/mol. The molecule has 0 saturated carbocycles. The van der Waals surface area contributed by atoms with E-state index in [4.69, 9.17) is 10.0 Å². The molecular weight excluding hydrogens is 141 g/mol. The highest BCUT2D eigenvalue weighted by Crippen LogP contribution is 1.96. The Morgan fingerprint density at radius 1 is 1.36 bits per heavy atom. The van der Waals surface area contributed by atoms with Gasteiger partial charge in [-0.1, -0.05) is 0 Å². The molecule has 0 aromatic carbocycles. The Morgan fingerprint density at radius 2 is 2.00 bits per heavy atom. The van der Waals surface area contributed by atoms with Gasteiger partial charge in [-0.25, -0.2) is 0 Å².